The van der Waals surface area contributed by atoms with Crippen LogP contribution in [0.1, 0.15) is 5.56 Å². The first kappa shape index (κ1) is 13.0. The summed E-state index contributed by atoms with van der Waals surface area (Å²) in [4.78, 5) is 21.3. The van der Waals surface area contributed by atoms with E-state index < -0.39 is 12.0 Å². The minimum atomic E-state index is -1.11. The molecule has 2 rings (SSSR count). The molecule has 7 nitrogen and oxygen atoms in total. The van der Waals surface area contributed by atoms with Gasteiger partial charge in [0.1, 0.15) is 6.04 Å². The molecule has 1 aliphatic heterocycles. The molecule has 1 aliphatic rings. The first-order chi connectivity index (χ1) is 9.15. The normalized spacial score (nSPS) is 13.7. The van der Waals surface area contributed by atoms with Crippen molar-refractivity contribution in [1.82, 2.24) is 5.32 Å². The number of benzene rings is 1. The Morgan fingerprint density at radius 2 is 2.37 bits per heavy atom. The molecule has 1 aromatic carbocycles. The number of ether oxygens (including phenoxy) is 3. The monoisotopic (exact) mass is 267 g/mol. The average Bonchev–Trinajstić information content (AvgIpc) is 2.85. The van der Waals surface area contributed by atoms with Crippen molar-refractivity contribution in [3.05, 3.63) is 17.7 Å². The Morgan fingerprint density at radius 3 is 3.00 bits per heavy atom. The van der Waals surface area contributed by atoms with Gasteiger partial charge in [-0.1, -0.05) is 0 Å². The molecule has 1 heterocycles. The number of nitrogens with one attached hydrogen (secondary N) is 1. The summed E-state index contributed by atoms with van der Waals surface area (Å²) in [6.45, 7) is 0.101. The molecule has 0 aromatic heterocycles. The van der Waals surface area contributed by atoms with Gasteiger partial charge in [0.25, 0.3) is 0 Å². The van der Waals surface area contributed by atoms with Gasteiger partial charge in [-0.05, 0) is 17.7 Å². The van der Waals surface area contributed by atoms with Gasteiger partial charge in [0.05, 0.1) is 7.11 Å². The van der Waals surface area contributed by atoms with Gasteiger partial charge >= 0.3 is 5.97 Å². The van der Waals surface area contributed by atoms with E-state index in [0.29, 0.717) is 29.2 Å². The quantitative estimate of drug-likeness (QED) is 0.713. The van der Waals surface area contributed by atoms with E-state index in [0.717, 1.165) is 0 Å². The molecule has 1 unspecified atom stereocenters. The van der Waals surface area contributed by atoms with E-state index in [4.69, 9.17) is 19.3 Å². The highest BCUT2D eigenvalue weighted by molar-refractivity contribution is 5.76. The van der Waals surface area contributed by atoms with Crippen molar-refractivity contribution in [3.63, 3.8) is 0 Å². The SMILES string of the molecule is COc1cc(CC(NC=O)C(=O)O)cc2c1OCO2. The van der Waals surface area contributed by atoms with Gasteiger partial charge in [-0.15, -0.1) is 0 Å². The topological polar surface area (TPSA) is 94.1 Å². The van der Waals surface area contributed by atoms with Crippen LogP contribution < -0.4 is 19.5 Å². The first-order valence-electron chi connectivity index (χ1n) is 5.54. The number of aliphatic carboxylic acids is 1. The highest BCUT2D eigenvalue weighted by Gasteiger charge is 2.23. The van der Waals surface area contributed by atoms with Crippen molar-refractivity contribution in [2.75, 3.05) is 13.9 Å². The highest BCUT2D eigenvalue weighted by Crippen LogP contribution is 2.41. The molecule has 0 saturated heterocycles. The van der Waals surface area contributed by atoms with Crippen molar-refractivity contribution < 1.29 is 28.9 Å². The van der Waals surface area contributed by atoms with E-state index in [1.165, 1.54) is 7.11 Å². The number of carbonyl (C=O) groups is 2. The summed E-state index contributed by atoms with van der Waals surface area (Å²) in [5, 5.41) is 11.2. The molecule has 0 spiro atoms. The first-order valence-corrected chi connectivity index (χ1v) is 5.54. The van der Waals surface area contributed by atoms with Crippen LogP contribution in [0, 0.1) is 0 Å². The standard InChI is InChI=1S/C12H13NO6/c1-17-9-3-7(2-8(12(15)16)13-5-14)4-10-11(9)19-6-18-10/h3-5,8H,2,6H2,1H3,(H,13,14)(H,15,16). The van der Waals surface area contributed by atoms with Crippen LogP contribution in [0.15, 0.2) is 12.1 Å². The second-order valence-electron chi connectivity index (χ2n) is 3.91. The number of rotatable bonds is 6. The smallest absolute Gasteiger partial charge is 0.326 e. The van der Waals surface area contributed by atoms with Crippen LogP contribution in [-0.4, -0.2) is 37.4 Å². The maximum Gasteiger partial charge on any atom is 0.326 e. The zero-order chi connectivity index (χ0) is 13.8. The predicted molar refractivity (Wildman–Crippen MR) is 63.4 cm³/mol. The van der Waals surface area contributed by atoms with Gasteiger partial charge in [0.2, 0.25) is 19.0 Å². The summed E-state index contributed by atoms with van der Waals surface area (Å²) < 4.78 is 15.6. The predicted octanol–water partition coefficient (Wildman–Crippen LogP) is 0.166. The summed E-state index contributed by atoms with van der Waals surface area (Å²) in [5.41, 5.74) is 0.669. The largest absolute Gasteiger partial charge is 0.493 e. The molecule has 19 heavy (non-hydrogen) atoms. The third-order valence-electron chi connectivity index (χ3n) is 2.73. The Balaban J connectivity index is 2.25. The maximum atomic E-state index is 11.0. The lowest BCUT2D eigenvalue weighted by molar-refractivity contribution is -0.140. The molecule has 7 heteroatoms. The van der Waals surface area contributed by atoms with Crippen molar-refractivity contribution in [3.8, 4) is 17.2 Å². The van der Waals surface area contributed by atoms with Crippen LogP contribution in [0.4, 0.5) is 0 Å². The maximum absolute atomic E-state index is 11.0. The molecule has 1 atom stereocenters. The number of methoxy groups -OCH3 is 1. The van der Waals surface area contributed by atoms with Crippen LogP contribution >= 0.6 is 0 Å². The van der Waals surface area contributed by atoms with E-state index in [1.807, 2.05) is 0 Å². The summed E-state index contributed by atoms with van der Waals surface area (Å²) in [6, 6.07) is 2.34. The van der Waals surface area contributed by atoms with Crippen LogP contribution in [0.2, 0.25) is 0 Å². The molecule has 102 valence electrons. The third-order valence-corrected chi connectivity index (χ3v) is 2.73. The van der Waals surface area contributed by atoms with Gasteiger partial charge < -0.3 is 24.6 Å². The minimum absolute atomic E-state index is 0.101. The van der Waals surface area contributed by atoms with Crippen molar-refractivity contribution in [1.29, 1.82) is 0 Å². The zero-order valence-electron chi connectivity index (χ0n) is 10.2. The van der Waals surface area contributed by atoms with Gasteiger partial charge in [0, 0.05) is 6.42 Å². The summed E-state index contributed by atoms with van der Waals surface area (Å²) in [5.74, 6) is 0.370. The fourth-order valence-electron chi connectivity index (χ4n) is 1.84. The molecule has 0 saturated carbocycles. The van der Waals surface area contributed by atoms with Crippen LogP contribution in [0.3, 0.4) is 0 Å². The lowest BCUT2D eigenvalue weighted by atomic mass is 10.0. The molecule has 0 aliphatic carbocycles. The molecule has 2 N–H and O–H groups in total. The fourth-order valence-corrected chi connectivity index (χ4v) is 1.84. The third kappa shape index (κ3) is 2.70. The summed E-state index contributed by atoms with van der Waals surface area (Å²) in [7, 11) is 1.49. The van der Waals surface area contributed by atoms with Crippen molar-refractivity contribution in [2.24, 2.45) is 0 Å². The number of carbonyl (C=O) groups excluding carboxylic acids is 1. The summed E-state index contributed by atoms with van der Waals surface area (Å²) >= 11 is 0. The van der Waals surface area contributed by atoms with Gasteiger partial charge in [-0.3, -0.25) is 4.79 Å². The van der Waals surface area contributed by atoms with E-state index >= 15 is 0 Å². The fraction of sp³-hybridized carbons (Fsp3) is 0.333. The van der Waals surface area contributed by atoms with E-state index in [-0.39, 0.29) is 13.2 Å². The number of amides is 1. The molecule has 1 amide bonds. The lowest BCUT2D eigenvalue weighted by Crippen LogP contribution is -2.37. The zero-order valence-corrected chi connectivity index (χ0v) is 10.2. The van der Waals surface area contributed by atoms with Crippen molar-refractivity contribution in [2.45, 2.75) is 12.5 Å². The number of hydrogen-bond donors (Lipinski definition) is 2. The summed E-state index contributed by atoms with van der Waals surface area (Å²) in [6.07, 6.45) is 0.490. The molecular weight excluding hydrogens is 254 g/mol. The minimum Gasteiger partial charge on any atom is -0.493 e. The van der Waals surface area contributed by atoms with E-state index in [9.17, 15) is 9.59 Å². The number of carboxylic acids is 1. The van der Waals surface area contributed by atoms with Crippen LogP contribution in [-0.2, 0) is 16.0 Å². The molecular formula is C12H13NO6. The van der Waals surface area contributed by atoms with Crippen LogP contribution in [0.25, 0.3) is 0 Å². The van der Waals surface area contributed by atoms with Gasteiger partial charge in [-0.2, -0.15) is 0 Å². The Labute approximate surface area is 109 Å². The number of fused-ring (bicyclic) bond motifs is 1. The Morgan fingerprint density at radius 1 is 1.58 bits per heavy atom. The molecule has 0 bridgehead atoms. The van der Waals surface area contributed by atoms with E-state index in [1.54, 1.807) is 12.1 Å². The van der Waals surface area contributed by atoms with Crippen molar-refractivity contribution >= 4 is 12.4 Å². The molecule has 0 radical (unpaired) electrons. The van der Waals surface area contributed by atoms with E-state index in [2.05, 4.69) is 5.32 Å². The van der Waals surface area contributed by atoms with Gasteiger partial charge in [0.15, 0.2) is 11.5 Å². The Bertz CT molecular complexity index is 501. The molecule has 1 aromatic rings. The average molecular weight is 267 g/mol. The second-order valence-corrected chi connectivity index (χ2v) is 3.91. The Kier molecular flexibility index (Phi) is 3.74. The highest BCUT2D eigenvalue weighted by atomic mass is 16.7. The Hall–Kier alpha value is -2.44. The number of carboxylic acid groups (broad SMARTS) is 1. The number of hydrogen-bond acceptors (Lipinski definition) is 5. The molecule has 0 fully saturated rings. The van der Waals surface area contributed by atoms with Gasteiger partial charge in [-0.25, -0.2) is 4.79 Å². The second kappa shape index (κ2) is 5.47. The lowest BCUT2D eigenvalue weighted by Gasteiger charge is -2.13. The van der Waals surface area contributed by atoms with Crippen LogP contribution in [0.5, 0.6) is 17.2 Å².